The van der Waals surface area contributed by atoms with Crippen LogP contribution in [0, 0.1) is 35.0 Å². The summed E-state index contributed by atoms with van der Waals surface area (Å²) in [6.45, 7) is 8.54. The highest BCUT2D eigenvalue weighted by atomic mass is 16.6. The zero-order chi connectivity index (χ0) is 32.8. The third kappa shape index (κ3) is 7.69. The van der Waals surface area contributed by atoms with E-state index in [9.17, 15) is 29.4 Å². The summed E-state index contributed by atoms with van der Waals surface area (Å²) >= 11 is 0. The van der Waals surface area contributed by atoms with Crippen molar-refractivity contribution in [3.8, 4) is 0 Å². The Hall–Kier alpha value is -2.20. The lowest BCUT2D eigenvalue weighted by atomic mass is 9.52. The summed E-state index contributed by atoms with van der Waals surface area (Å²) < 4.78 is 21.6. The molecular formula is C35H54O10. The van der Waals surface area contributed by atoms with Crippen LogP contribution in [-0.4, -0.2) is 69.7 Å². The van der Waals surface area contributed by atoms with E-state index in [1.807, 2.05) is 13.8 Å². The van der Waals surface area contributed by atoms with E-state index in [-0.39, 0.29) is 31.1 Å². The van der Waals surface area contributed by atoms with Gasteiger partial charge in [0.05, 0.1) is 22.5 Å². The van der Waals surface area contributed by atoms with E-state index >= 15 is 0 Å². The van der Waals surface area contributed by atoms with Gasteiger partial charge in [-0.2, -0.15) is 0 Å². The maximum Gasteiger partial charge on any atom is 0.344 e. The van der Waals surface area contributed by atoms with Crippen molar-refractivity contribution in [1.82, 2.24) is 0 Å². The van der Waals surface area contributed by atoms with E-state index in [1.54, 1.807) is 20.8 Å². The summed E-state index contributed by atoms with van der Waals surface area (Å²) in [4.78, 5) is 47.8. The Kier molecular flexibility index (Phi) is 9.44. The molecule has 0 heterocycles. The highest BCUT2D eigenvalue weighted by Gasteiger charge is 2.60. The average molecular weight is 635 g/mol. The van der Waals surface area contributed by atoms with Crippen LogP contribution in [0.2, 0.25) is 0 Å². The van der Waals surface area contributed by atoms with Crippen LogP contribution in [0.5, 0.6) is 0 Å². The monoisotopic (exact) mass is 634 g/mol. The second-order valence-electron chi connectivity index (χ2n) is 16.4. The summed E-state index contributed by atoms with van der Waals surface area (Å²) in [5.74, 6) is -0.0783. The first kappa shape index (κ1) is 34.1. The fraction of sp³-hybridized carbons (Fsp3) is 0.886. The Morgan fingerprint density at radius 3 is 1.47 bits per heavy atom. The van der Waals surface area contributed by atoms with Crippen LogP contribution in [0.3, 0.4) is 0 Å². The third-order valence-electron chi connectivity index (χ3n) is 11.7. The molecule has 0 aromatic rings. The minimum Gasteiger partial charge on any atom is -0.456 e. The average Bonchev–Trinajstić information content (AvgIpc) is 2.91. The molecule has 10 heteroatoms. The molecule has 0 spiro atoms. The summed E-state index contributed by atoms with van der Waals surface area (Å²) in [6.07, 6.45) is 11.4. The van der Waals surface area contributed by atoms with Crippen LogP contribution in [0.15, 0.2) is 0 Å². The molecule has 0 radical (unpaired) electrons. The molecule has 0 amide bonds. The summed E-state index contributed by atoms with van der Waals surface area (Å²) in [6, 6.07) is 0. The van der Waals surface area contributed by atoms with Gasteiger partial charge in [-0.15, -0.1) is 0 Å². The van der Waals surface area contributed by atoms with Crippen LogP contribution < -0.4 is 0 Å². The smallest absolute Gasteiger partial charge is 0.344 e. The molecule has 45 heavy (non-hydrogen) atoms. The molecule has 254 valence electrons. The molecule has 0 aromatic heterocycles. The van der Waals surface area contributed by atoms with Gasteiger partial charge in [-0.1, -0.05) is 20.8 Å². The Labute approximate surface area is 267 Å². The second-order valence-corrected chi connectivity index (χ2v) is 16.4. The SMILES string of the molecule is CCC(C)(C)C(=O)OCC(=O)OC12CC3CC(CC(O)(C3)C1)C2.CCC(C)C(=O)OCC(=O)OC12CC3CC(CC(O)(C3)C1)C2. The number of rotatable bonds is 10. The molecule has 10 nitrogen and oxygen atoms in total. The van der Waals surface area contributed by atoms with E-state index in [0.29, 0.717) is 49.4 Å². The van der Waals surface area contributed by atoms with Crippen molar-refractivity contribution < 1.29 is 48.3 Å². The minimum absolute atomic E-state index is 0.201. The molecule has 0 aromatic carbocycles. The van der Waals surface area contributed by atoms with Gasteiger partial charge in [0, 0.05) is 12.8 Å². The number of carbonyl (C=O) groups excluding carboxylic acids is 4. The minimum atomic E-state index is -0.661. The topological polar surface area (TPSA) is 146 Å². The van der Waals surface area contributed by atoms with E-state index in [4.69, 9.17) is 18.9 Å². The third-order valence-corrected chi connectivity index (χ3v) is 11.7. The highest BCUT2D eigenvalue weighted by molar-refractivity contribution is 5.80. The first-order valence-corrected chi connectivity index (χ1v) is 17.2. The van der Waals surface area contributed by atoms with E-state index in [2.05, 4.69) is 0 Å². The van der Waals surface area contributed by atoms with Gasteiger partial charge in [0.25, 0.3) is 0 Å². The summed E-state index contributed by atoms with van der Waals surface area (Å²) in [5, 5.41) is 21.3. The maximum atomic E-state index is 12.2. The predicted molar refractivity (Wildman–Crippen MR) is 162 cm³/mol. The molecule has 8 saturated carbocycles. The largest absolute Gasteiger partial charge is 0.456 e. The van der Waals surface area contributed by atoms with Gasteiger partial charge in [-0.05, 0) is 115 Å². The fourth-order valence-electron chi connectivity index (χ4n) is 9.95. The molecule has 5 unspecified atom stereocenters. The molecule has 0 saturated heterocycles. The molecule has 0 aliphatic heterocycles. The number of hydrogen-bond donors (Lipinski definition) is 2. The van der Waals surface area contributed by atoms with Crippen molar-refractivity contribution in [2.75, 3.05) is 13.2 Å². The van der Waals surface area contributed by atoms with Crippen molar-refractivity contribution in [1.29, 1.82) is 0 Å². The predicted octanol–water partition coefficient (Wildman–Crippen LogP) is 4.80. The quantitative estimate of drug-likeness (QED) is 0.254. The summed E-state index contributed by atoms with van der Waals surface area (Å²) in [5.41, 5.74) is -2.97. The normalized spacial score (nSPS) is 39.4. The first-order chi connectivity index (χ1) is 21.0. The van der Waals surface area contributed by atoms with Gasteiger partial charge in [0.1, 0.15) is 11.2 Å². The Bertz CT molecular complexity index is 1130. The second kappa shape index (κ2) is 12.4. The Morgan fingerprint density at radius 2 is 1.11 bits per heavy atom. The van der Waals surface area contributed by atoms with Crippen molar-refractivity contribution in [2.24, 2.45) is 35.0 Å². The van der Waals surface area contributed by atoms with E-state index < -0.39 is 39.8 Å². The van der Waals surface area contributed by atoms with Gasteiger partial charge >= 0.3 is 23.9 Å². The van der Waals surface area contributed by atoms with Gasteiger partial charge in [-0.3, -0.25) is 9.59 Å². The van der Waals surface area contributed by atoms with Crippen LogP contribution >= 0.6 is 0 Å². The number of ether oxygens (including phenoxy) is 4. The number of aliphatic hydroxyl groups is 2. The highest BCUT2D eigenvalue weighted by Crippen LogP contribution is 2.60. The zero-order valence-electron chi connectivity index (χ0n) is 27.9. The molecule has 8 aliphatic carbocycles. The molecule has 8 rings (SSSR count). The van der Waals surface area contributed by atoms with Crippen molar-refractivity contribution >= 4 is 23.9 Å². The molecule has 2 N–H and O–H groups in total. The Morgan fingerprint density at radius 1 is 0.711 bits per heavy atom. The number of carbonyl (C=O) groups is 4. The number of hydrogen-bond acceptors (Lipinski definition) is 10. The Balaban J connectivity index is 0.000000178. The van der Waals surface area contributed by atoms with E-state index in [0.717, 1.165) is 64.2 Å². The van der Waals surface area contributed by atoms with Crippen molar-refractivity contribution in [2.45, 2.75) is 147 Å². The van der Waals surface area contributed by atoms with Gasteiger partial charge < -0.3 is 29.2 Å². The van der Waals surface area contributed by atoms with Crippen molar-refractivity contribution in [3.63, 3.8) is 0 Å². The molecule has 8 aliphatic rings. The van der Waals surface area contributed by atoms with Gasteiger partial charge in [-0.25, -0.2) is 9.59 Å². The van der Waals surface area contributed by atoms with Crippen LogP contribution in [0.4, 0.5) is 0 Å². The maximum absolute atomic E-state index is 12.2. The number of esters is 4. The van der Waals surface area contributed by atoms with Gasteiger partial charge in [0.2, 0.25) is 0 Å². The summed E-state index contributed by atoms with van der Waals surface area (Å²) in [7, 11) is 0. The van der Waals surface area contributed by atoms with Crippen LogP contribution in [0.25, 0.3) is 0 Å². The van der Waals surface area contributed by atoms with Crippen LogP contribution in [0.1, 0.15) is 125 Å². The van der Waals surface area contributed by atoms with E-state index in [1.165, 1.54) is 0 Å². The lowest BCUT2D eigenvalue weighted by molar-refractivity contribution is -0.223. The van der Waals surface area contributed by atoms with Gasteiger partial charge in [0.15, 0.2) is 13.2 Å². The van der Waals surface area contributed by atoms with Crippen LogP contribution in [-0.2, 0) is 38.1 Å². The standard InChI is InChI=1S/C18H28O5.C17H26O5/c1-4-16(2,3)15(20)22-10-14(19)23-18-8-12-5-13(9-18)7-17(21,6-12)11-18;1-3-11(2)15(19)21-9-14(18)22-17-7-12-4-13(8-17)6-16(20,5-12)10-17/h12-13,21H,4-11H2,1-3H3;11-13,20H,3-10H2,1-2H3. The van der Waals surface area contributed by atoms with Crippen molar-refractivity contribution in [3.05, 3.63) is 0 Å². The lowest BCUT2D eigenvalue weighted by Crippen LogP contribution is -2.60. The molecule has 5 atom stereocenters. The molecular weight excluding hydrogens is 580 g/mol. The zero-order valence-corrected chi connectivity index (χ0v) is 27.9. The molecule has 8 bridgehead atoms. The molecule has 8 fully saturated rings. The fourth-order valence-corrected chi connectivity index (χ4v) is 9.95. The first-order valence-electron chi connectivity index (χ1n) is 17.2. The lowest BCUT2D eigenvalue weighted by Gasteiger charge is -2.59.